The summed E-state index contributed by atoms with van der Waals surface area (Å²) in [5.41, 5.74) is 1.33. The molecule has 2 aliphatic heterocycles. The first-order valence-electron chi connectivity index (χ1n) is 7.16. The first-order valence-corrected chi connectivity index (χ1v) is 7.16. The van der Waals surface area contributed by atoms with Crippen molar-refractivity contribution in [1.82, 2.24) is 10.2 Å². The standard InChI is InChI=1S/C15H22N2O2/c1-12-11-16-5-7-17(12)6-4-13-2-3-14-15(10-13)19-9-8-18-14/h2-3,10,12,16H,4-9,11H2,1H3. The lowest BCUT2D eigenvalue weighted by Gasteiger charge is -2.33. The Kier molecular flexibility index (Phi) is 3.89. The maximum atomic E-state index is 5.63. The summed E-state index contributed by atoms with van der Waals surface area (Å²) in [7, 11) is 0. The zero-order valence-electron chi connectivity index (χ0n) is 11.5. The Hall–Kier alpha value is -1.26. The van der Waals surface area contributed by atoms with Crippen molar-refractivity contribution >= 4 is 0 Å². The molecule has 0 saturated carbocycles. The van der Waals surface area contributed by atoms with Gasteiger partial charge in [-0.1, -0.05) is 6.07 Å². The predicted molar refractivity (Wildman–Crippen MR) is 75.0 cm³/mol. The molecule has 4 nitrogen and oxygen atoms in total. The van der Waals surface area contributed by atoms with Crippen LogP contribution in [0, 0.1) is 0 Å². The number of hydrogen-bond acceptors (Lipinski definition) is 4. The summed E-state index contributed by atoms with van der Waals surface area (Å²) in [5, 5.41) is 3.43. The predicted octanol–water partition coefficient (Wildman–Crippen LogP) is 1.29. The third-order valence-corrected chi connectivity index (χ3v) is 3.93. The molecule has 4 heteroatoms. The summed E-state index contributed by atoms with van der Waals surface area (Å²) in [6.07, 6.45) is 1.07. The molecule has 1 N–H and O–H groups in total. The van der Waals surface area contributed by atoms with E-state index in [1.165, 1.54) is 5.56 Å². The Balaban J connectivity index is 1.60. The van der Waals surface area contributed by atoms with Crippen molar-refractivity contribution < 1.29 is 9.47 Å². The minimum Gasteiger partial charge on any atom is -0.486 e. The van der Waals surface area contributed by atoms with Crippen molar-refractivity contribution in [3.63, 3.8) is 0 Å². The van der Waals surface area contributed by atoms with E-state index >= 15 is 0 Å². The second kappa shape index (κ2) is 5.80. The molecule has 1 atom stereocenters. The van der Waals surface area contributed by atoms with Crippen molar-refractivity contribution in [3.05, 3.63) is 23.8 Å². The molecule has 0 bridgehead atoms. The second-order valence-corrected chi connectivity index (χ2v) is 5.32. The third-order valence-electron chi connectivity index (χ3n) is 3.93. The molecular formula is C15H22N2O2. The van der Waals surface area contributed by atoms with E-state index in [0.717, 1.165) is 44.1 Å². The van der Waals surface area contributed by atoms with Crippen molar-refractivity contribution in [2.75, 3.05) is 39.4 Å². The highest BCUT2D eigenvalue weighted by Gasteiger charge is 2.18. The van der Waals surface area contributed by atoms with Gasteiger partial charge in [-0.2, -0.15) is 0 Å². The molecule has 0 aromatic heterocycles. The topological polar surface area (TPSA) is 33.7 Å². The van der Waals surface area contributed by atoms with Crippen LogP contribution in [0.1, 0.15) is 12.5 Å². The summed E-state index contributed by atoms with van der Waals surface area (Å²) in [4.78, 5) is 2.55. The van der Waals surface area contributed by atoms with Gasteiger partial charge in [0.05, 0.1) is 0 Å². The van der Waals surface area contributed by atoms with E-state index in [-0.39, 0.29) is 0 Å². The fourth-order valence-electron chi connectivity index (χ4n) is 2.73. The quantitative estimate of drug-likeness (QED) is 0.890. The minimum absolute atomic E-state index is 0.631. The SMILES string of the molecule is CC1CNCCN1CCc1ccc2c(c1)OCCO2. The molecule has 1 aromatic rings. The van der Waals surface area contributed by atoms with Crippen LogP contribution in [0.3, 0.4) is 0 Å². The van der Waals surface area contributed by atoms with Gasteiger partial charge in [-0.15, -0.1) is 0 Å². The normalized spacial score (nSPS) is 23.3. The van der Waals surface area contributed by atoms with E-state index < -0.39 is 0 Å². The van der Waals surface area contributed by atoms with E-state index in [1.807, 2.05) is 6.07 Å². The van der Waals surface area contributed by atoms with Gasteiger partial charge in [-0.3, -0.25) is 4.90 Å². The van der Waals surface area contributed by atoms with Crippen molar-refractivity contribution in [2.24, 2.45) is 0 Å². The average Bonchev–Trinajstić information content (AvgIpc) is 2.46. The Bertz CT molecular complexity index is 436. The second-order valence-electron chi connectivity index (χ2n) is 5.32. The van der Waals surface area contributed by atoms with Crippen molar-refractivity contribution in [3.8, 4) is 11.5 Å². The molecule has 0 amide bonds. The van der Waals surface area contributed by atoms with E-state index in [9.17, 15) is 0 Å². The highest BCUT2D eigenvalue weighted by Crippen LogP contribution is 2.30. The first-order chi connectivity index (χ1) is 9.33. The number of fused-ring (bicyclic) bond motifs is 1. The van der Waals surface area contributed by atoms with E-state index in [0.29, 0.717) is 19.3 Å². The molecule has 0 spiro atoms. The van der Waals surface area contributed by atoms with Gasteiger partial charge < -0.3 is 14.8 Å². The van der Waals surface area contributed by atoms with Crippen LogP contribution in [0.4, 0.5) is 0 Å². The zero-order chi connectivity index (χ0) is 13.1. The molecule has 3 rings (SSSR count). The number of benzene rings is 1. The number of piperazine rings is 1. The summed E-state index contributed by atoms with van der Waals surface area (Å²) in [5.74, 6) is 1.78. The molecule has 2 aliphatic rings. The fraction of sp³-hybridized carbons (Fsp3) is 0.600. The highest BCUT2D eigenvalue weighted by atomic mass is 16.6. The fourth-order valence-corrected chi connectivity index (χ4v) is 2.73. The summed E-state index contributed by atoms with van der Waals surface area (Å²) in [6.45, 7) is 8.06. The number of ether oxygens (including phenoxy) is 2. The van der Waals surface area contributed by atoms with Crippen molar-refractivity contribution in [2.45, 2.75) is 19.4 Å². The van der Waals surface area contributed by atoms with Crippen LogP contribution in [-0.4, -0.2) is 50.3 Å². The lowest BCUT2D eigenvalue weighted by Crippen LogP contribution is -2.50. The van der Waals surface area contributed by atoms with Gasteiger partial charge >= 0.3 is 0 Å². The van der Waals surface area contributed by atoms with Crippen LogP contribution < -0.4 is 14.8 Å². The molecule has 19 heavy (non-hydrogen) atoms. The lowest BCUT2D eigenvalue weighted by atomic mass is 10.1. The van der Waals surface area contributed by atoms with Crippen LogP contribution in [0.25, 0.3) is 0 Å². The Morgan fingerprint density at radius 2 is 2.11 bits per heavy atom. The molecular weight excluding hydrogens is 240 g/mol. The minimum atomic E-state index is 0.631. The molecule has 1 fully saturated rings. The van der Waals surface area contributed by atoms with Crippen LogP contribution in [0.2, 0.25) is 0 Å². The third kappa shape index (κ3) is 3.01. The van der Waals surface area contributed by atoms with Crippen LogP contribution in [-0.2, 0) is 6.42 Å². The van der Waals surface area contributed by atoms with E-state index in [1.54, 1.807) is 0 Å². The van der Waals surface area contributed by atoms with Crippen LogP contribution in [0.15, 0.2) is 18.2 Å². The van der Waals surface area contributed by atoms with Gasteiger partial charge in [0, 0.05) is 32.2 Å². The Morgan fingerprint density at radius 3 is 2.95 bits per heavy atom. The monoisotopic (exact) mass is 262 g/mol. The van der Waals surface area contributed by atoms with Gasteiger partial charge in [0.2, 0.25) is 0 Å². The van der Waals surface area contributed by atoms with E-state index in [4.69, 9.17) is 9.47 Å². The van der Waals surface area contributed by atoms with Gasteiger partial charge in [0.25, 0.3) is 0 Å². The average molecular weight is 262 g/mol. The Labute approximate surface area is 114 Å². The Morgan fingerprint density at radius 1 is 1.26 bits per heavy atom. The van der Waals surface area contributed by atoms with Crippen LogP contribution >= 0.6 is 0 Å². The maximum Gasteiger partial charge on any atom is 0.161 e. The molecule has 0 radical (unpaired) electrons. The molecule has 1 aromatic carbocycles. The first kappa shape index (κ1) is 12.8. The van der Waals surface area contributed by atoms with Gasteiger partial charge in [0.1, 0.15) is 13.2 Å². The molecule has 0 aliphatic carbocycles. The van der Waals surface area contributed by atoms with Gasteiger partial charge in [0.15, 0.2) is 11.5 Å². The number of hydrogen-bond donors (Lipinski definition) is 1. The zero-order valence-corrected chi connectivity index (χ0v) is 11.5. The smallest absolute Gasteiger partial charge is 0.161 e. The molecule has 1 saturated heterocycles. The number of rotatable bonds is 3. The summed E-state index contributed by atoms with van der Waals surface area (Å²) in [6, 6.07) is 6.94. The number of nitrogens with one attached hydrogen (secondary N) is 1. The lowest BCUT2D eigenvalue weighted by molar-refractivity contribution is 0.170. The summed E-state index contributed by atoms with van der Waals surface area (Å²) >= 11 is 0. The van der Waals surface area contributed by atoms with Gasteiger partial charge in [-0.05, 0) is 31.0 Å². The molecule has 104 valence electrons. The van der Waals surface area contributed by atoms with Crippen LogP contribution in [0.5, 0.6) is 11.5 Å². The summed E-state index contributed by atoms with van der Waals surface area (Å²) < 4.78 is 11.2. The van der Waals surface area contributed by atoms with Crippen molar-refractivity contribution in [1.29, 1.82) is 0 Å². The molecule has 1 unspecified atom stereocenters. The highest BCUT2D eigenvalue weighted by molar-refractivity contribution is 5.43. The van der Waals surface area contributed by atoms with Gasteiger partial charge in [-0.25, -0.2) is 0 Å². The van der Waals surface area contributed by atoms with E-state index in [2.05, 4.69) is 29.3 Å². The maximum absolute atomic E-state index is 5.63. The molecule has 2 heterocycles. The largest absolute Gasteiger partial charge is 0.486 e. The number of nitrogens with zero attached hydrogens (tertiary/aromatic N) is 1.